The number of carbonyl (C=O) groups is 1. The molecule has 5 rings (SSSR count). The molecule has 3 aromatic rings. The number of carbonyl (C=O) groups excluding carboxylic acids is 1. The van der Waals surface area contributed by atoms with Crippen LogP contribution in [0.15, 0.2) is 58.4 Å². The van der Waals surface area contributed by atoms with Crippen LogP contribution in [0.25, 0.3) is 10.9 Å². The SMILES string of the molecule is CC1(C)O[C@@H]2[C@H](O1)[C@@H](CNC(=O)c1cnc3ccccc3c1)OC[C@H]2n1ccc(=O)[nH]c1=O. The molecular formula is C23H24N4O6. The summed E-state index contributed by atoms with van der Waals surface area (Å²) in [6.07, 6.45) is 1.47. The second-order valence-electron chi connectivity index (χ2n) is 8.65. The van der Waals surface area contributed by atoms with Crippen molar-refractivity contribution in [3.63, 3.8) is 0 Å². The van der Waals surface area contributed by atoms with Gasteiger partial charge in [-0.15, -0.1) is 0 Å². The molecule has 0 radical (unpaired) electrons. The first-order chi connectivity index (χ1) is 15.8. The molecule has 0 spiro atoms. The second kappa shape index (κ2) is 8.22. The average molecular weight is 452 g/mol. The van der Waals surface area contributed by atoms with E-state index in [-0.39, 0.29) is 19.1 Å². The molecule has 172 valence electrons. The van der Waals surface area contributed by atoms with E-state index in [1.807, 2.05) is 24.3 Å². The molecule has 2 aliphatic rings. The fourth-order valence-electron chi connectivity index (χ4n) is 4.41. The number of rotatable bonds is 4. The number of aromatic amines is 1. The molecule has 10 nitrogen and oxygen atoms in total. The van der Waals surface area contributed by atoms with Crippen molar-refractivity contribution in [1.29, 1.82) is 0 Å². The van der Waals surface area contributed by atoms with E-state index in [1.165, 1.54) is 16.8 Å². The fourth-order valence-corrected chi connectivity index (χ4v) is 4.41. The lowest BCUT2D eigenvalue weighted by molar-refractivity contribution is -0.153. The zero-order chi connectivity index (χ0) is 23.2. The standard InChI is InChI=1S/C23H24N4O6/c1-23(2)32-19-16(27-8-7-18(28)26-22(27)30)12-31-17(20(19)33-23)11-25-21(29)14-9-13-5-3-4-6-15(13)24-10-14/h3-10,16-17,19-20H,11-12H2,1-2H3,(H,25,29)(H,26,28,30)/t16-,17-,19+,20-/m1/s1. The minimum Gasteiger partial charge on any atom is -0.371 e. The van der Waals surface area contributed by atoms with Crippen LogP contribution in [0.1, 0.15) is 30.2 Å². The monoisotopic (exact) mass is 452 g/mol. The molecular weight excluding hydrogens is 428 g/mol. The van der Waals surface area contributed by atoms with Gasteiger partial charge in [0.05, 0.1) is 23.7 Å². The van der Waals surface area contributed by atoms with Crippen LogP contribution in [0.3, 0.4) is 0 Å². The Morgan fingerprint density at radius 3 is 2.82 bits per heavy atom. The first-order valence-electron chi connectivity index (χ1n) is 10.7. The van der Waals surface area contributed by atoms with E-state index in [1.54, 1.807) is 26.1 Å². The molecule has 1 aromatic carbocycles. The Balaban J connectivity index is 1.32. The molecule has 2 saturated heterocycles. The Morgan fingerprint density at radius 2 is 2.00 bits per heavy atom. The number of ether oxygens (including phenoxy) is 3. The summed E-state index contributed by atoms with van der Waals surface area (Å²) < 4.78 is 19.6. The summed E-state index contributed by atoms with van der Waals surface area (Å²) in [6, 6.07) is 10.2. The quantitative estimate of drug-likeness (QED) is 0.604. The van der Waals surface area contributed by atoms with Crippen molar-refractivity contribution in [1.82, 2.24) is 19.9 Å². The first kappa shape index (κ1) is 21.5. The van der Waals surface area contributed by atoms with E-state index in [4.69, 9.17) is 14.2 Å². The van der Waals surface area contributed by atoms with Gasteiger partial charge >= 0.3 is 5.69 Å². The molecule has 0 saturated carbocycles. The van der Waals surface area contributed by atoms with Crippen LogP contribution in [-0.4, -0.2) is 57.7 Å². The molecule has 0 aliphatic carbocycles. The van der Waals surface area contributed by atoms with Gasteiger partial charge in [-0.05, 0) is 26.0 Å². The summed E-state index contributed by atoms with van der Waals surface area (Å²) in [7, 11) is 0. The highest BCUT2D eigenvalue weighted by Crippen LogP contribution is 2.39. The molecule has 33 heavy (non-hydrogen) atoms. The zero-order valence-corrected chi connectivity index (χ0v) is 18.2. The second-order valence-corrected chi connectivity index (χ2v) is 8.65. The number of benzene rings is 1. The number of fused-ring (bicyclic) bond motifs is 2. The third-order valence-electron chi connectivity index (χ3n) is 5.92. The van der Waals surface area contributed by atoms with Crippen LogP contribution in [0.4, 0.5) is 0 Å². The molecule has 1 amide bonds. The fraction of sp³-hybridized carbons (Fsp3) is 0.391. The molecule has 2 fully saturated rings. The third kappa shape index (κ3) is 4.20. The van der Waals surface area contributed by atoms with E-state index >= 15 is 0 Å². The molecule has 0 bridgehead atoms. The van der Waals surface area contributed by atoms with E-state index in [9.17, 15) is 14.4 Å². The highest BCUT2D eigenvalue weighted by Gasteiger charge is 2.52. The summed E-state index contributed by atoms with van der Waals surface area (Å²) in [5, 5.41) is 3.77. The van der Waals surface area contributed by atoms with Gasteiger partial charge in [0, 0.05) is 30.4 Å². The predicted octanol–water partition coefficient (Wildman–Crippen LogP) is 0.975. The van der Waals surface area contributed by atoms with Gasteiger partial charge < -0.3 is 19.5 Å². The van der Waals surface area contributed by atoms with Gasteiger partial charge in [-0.25, -0.2) is 4.79 Å². The minimum absolute atomic E-state index is 0.157. The summed E-state index contributed by atoms with van der Waals surface area (Å²) in [4.78, 5) is 43.1. The van der Waals surface area contributed by atoms with Crippen molar-refractivity contribution in [2.24, 2.45) is 0 Å². The molecule has 4 atom stereocenters. The molecule has 4 heterocycles. The molecule has 0 unspecified atom stereocenters. The summed E-state index contributed by atoms with van der Waals surface area (Å²) in [5.41, 5.74) is 0.244. The molecule has 2 aromatic heterocycles. The van der Waals surface area contributed by atoms with E-state index in [2.05, 4.69) is 15.3 Å². The number of aromatic nitrogens is 3. The van der Waals surface area contributed by atoms with E-state index < -0.39 is 41.4 Å². The van der Waals surface area contributed by atoms with Gasteiger partial charge in [-0.2, -0.15) is 0 Å². The highest BCUT2D eigenvalue weighted by atomic mass is 16.8. The number of hydrogen-bond acceptors (Lipinski definition) is 7. The average Bonchev–Trinajstić information content (AvgIpc) is 3.12. The van der Waals surface area contributed by atoms with Gasteiger partial charge in [0.2, 0.25) is 0 Å². The number of nitrogens with one attached hydrogen (secondary N) is 2. The Hall–Kier alpha value is -3.34. The number of para-hydroxylation sites is 1. The van der Waals surface area contributed by atoms with Crippen LogP contribution in [0.2, 0.25) is 0 Å². The van der Waals surface area contributed by atoms with Crippen LogP contribution in [-0.2, 0) is 14.2 Å². The Bertz CT molecular complexity index is 1320. The van der Waals surface area contributed by atoms with Gasteiger partial charge in [0.1, 0.15) is 18.3 Å². The topological polar surface area (TPSA) is 125 Å². The van der Waals surface area contributed by atoms with Crippen molar-refractivity contribution in [3.8, 4) is 0 Å². The zero-order valence-electron chi connectivity index (χ0n) is 18.2. The Morgan fingerprint density at radius 1 is 1.21 bits per heavy atom. The van der Waals surface area contributed by atoms with Crippen molar-refractivity contribution in [2.75, 3.05) is 13.2 Å². The van der Waals surface area contributed by atoms with Gasteiger partial charge in [0.15, 0.2) is 5.79 Å². The number of pyridine rings is 1. The van der Waals surface area contributed by atoms with Crippen LogP contribution in [0.5, 0.6) is 0 Å². The van der Waals surface area contributed by atoms with Crippen molar-refractivity contribution in [2.45, 2.75) is 44.0 Å². The first-order valence-corrected chi connectivity index (χ1v) is 10.7. The maximum absolute atomic E-state index is 12.8. The lowest BCUT2D eigenvalue weighted by Crippen LogP contribution is -2.54. The lowest BCUT2D eigenvalue weighted by atomic mass is 9.97. The van der Waals surface area contributed by atoms with Crippen molar-refractivity contribution in [3.05, 3.63) is 75.2 Å². The molecule has 10 heteroatoms. The normalized spacial score (nSPS) is 26.1. The smallest absolute Gasteiger partial charge is 0.328 e. The Labute approximate surface area is 188 Å². The number of amides is 1. The molecule has 2 aliphatic heterocycles. The van der Waals surface area contributed by atoms with E-state index in [0.29, 0.717) is 5.56 Å². The largest absolute Gasteiger partial charge is 0.371 e. The van der Waals surface area contributed by atoms with Crippen LogP contribution >= 0.6 is 0 Å². The van der Waals surface area contributed by atoms with E-state index in [0.717, 1.165) is 10.9 Å². The Kier molecular flexibility index (Phi) is 5.35. The maximum atomic E-state index is 12.8. The molecule has 2 N–H and O–H groups in total. The highest BCUT2D eigenvalue weighted by molar-refractivity contribution is 5.97. The van der Waals surface area contributed by atoms with Crippen LogP contribution < -0.4 is 16.6 Å². The number of nitrogens with zero attached hydrogens (tertiary/aromatic N) is 2. The summed E-state index contributed by atoms with van der Waals surface area (Å²) in [6.45, 7) is 3.92. The van der Waals surface area contributed by atoms with Crippen molar-refractivity contribution >= 4 is 16.8 Å². The number of H-pyrrole nitrogens is 1. The number of hydrogen-bond donors (Lipinski definition) is 2. The summed E-state index contributed by atoms with van der Waals surface area (Å²) >= 11 is 0. The van der Waals surface area contributed by atoms with Gasteiger partial charge in [0.25, 0.3) is 11.5 Å². The minimum atomic E-state index is -0.891. The third-order valence-corrected chi connectivity index (χ3v) is 5.92. The maximum Gasteiger partial charge on any atom is 0.328 e. The predicted molar refractivity (Wildman–Crippen MR) is 118 cm³/mol. The van der Waals surface area contributed by atoms with Crippen molar-refractivity contribution < 1.29 is 19.0 Å². The lowest BCUT2D eigenvalue weighted by Gasteiger charge is -2.37. The summed E-state index contributed by atoms with van der Waals surface area (Å²) in [5.74, 6) is -1.16. The van der Waals surface area contributed by atoms with Gasteiger partial charge in [-0.3, -0.25) is 24.1 Å². The van der Waals surface area contributed by atoms with Gasteiger partial charge in [-0.1, -0.05) is 18.2 Å². The van der Waals surface area contributed by atoms with Crippen LogP contribution in [0, 0.1) is 0 Å².